The van der Waals surface area contributed by atoms with Crippen LogP contribution in [0.5, 0.6) is 0 Å². The van der Waals surface area contributed by atoms with E-state index in [0.29, 0.717) is 24.5 Å². The van der Waals surface area contributed by atoms with E-state index in [9.17, 15) is 9.59 Å². The molecule has 1 saturated heterocycles. The molecule has 4 rings (SSSR count). The number of nitrogens with one attached hydrogen (secondary N) is 1. The predicted molar refractivity (Wildman–Crippen MR) is 152 cm³/mol. The van der Waals surface area contributed by atoms with Gasteiger partial charge in [0, 0.05) is 55.1 Å². The number of hydrogen-bond acceptors (Lipinski definition) is 5. The number of hydrogen-bond donors (Lipinski definition) is 2. The number of aromatic nitrogens is 1. The Bertz CT molecular complexity index is 1200. The highest BCUT2D eigenvalue weighted by Crippen LogP contribution is 2.29. The summed E-state index contributed by atoms with van der Waals surface area (Å²) in [5.74, 6) is 0.917. The number of aliphatic imine (C=N–C) groups is 1. The molecule has 1 aromatic heterocycles. The first kappa shape index (κ1) is 27.3. The first-order valence-corrected chi connectivity index (χ1v) is 13.3. The summed E-state index contributed by atoms with van der Waals surface area (Å²) in [7, 11) is 4.01. The van der Waals surface area contributed by atoms with E-state index in [2.05, 4.69) is 33.3 Å². The molecular weight excluding hydrogens is 478 g/mol. The third kappa shape index (κ3) is 6.58. The molecule has 0 aliphatic carbocycles. The minimum atomic E-state index is -0.0124. The van der Waals surface area contributed by atoms with E-state index in [0.717, 1.165) is 49.2 Å². The number of anilines is 1. The fourth-order valence-electron chi connectivity index (χ4n) is 4.95. The average Bonchev–Trinajstić information content (AvgIpc) is 2.93. The van der Waals surface area contributed by atoms with Crippen LogP contribution in [0.15, 0.2) is 53.7 Å². The minimum Gasteiger partial charge on any atom is -0.369 e. The number of amides is 2. The second-order valence-corrected chi connectivity index (χ2v) is 10.4. The molecule has 9 heteroatoms. The summed E-state index contributed by atoms with van der Waals surface area (Å²) >= 11 is 0. The number of likely N-dealkylation sites (tertiary alicyclic amines) is 1. The average molecular weight is 518 g/mol. The highest BCUT2D eigenvalue weighted by Gasteiger charge is 2.25. The first-order chi connectivity index (χ1) is 18.2. The van der Waals surface area contributed by atoms with Gasteiger partial charge in [-0.2, -0.15) is 4.99 Å². The lowest BCUT2D eigenvalue weighted by molar-refractivity contribution is -0.134. The Hall–Kier alpha value is -3.72. The topological polar surface area (TPSA) is 107 Å². The molecule has 0 atom stereocenters. The van der Waals surface area contributed by atoms with Gasteiger partial charge in [0.25, 0.3) is 5.91 Å². The molecule has 0 bridgehead atoms. The van der Waals surface area contributed by atoms with Crippen LogP contribution in [-0.2, 0) is 4.79 Å². The summed E-state index contributed by atoms with van der Waals surface area (Å²) in [6, 6.07) is 11.4. The van der Waals surface area contributed by atoms with Crippen LogP contribution >= 0.6 is 0 Å². The molecule has 0 saturated carbocycles. The van der Waals surface area contributed by atoms with Crippen molar-refractivity contribution in [3.05, 3.63) is 59.8 Å². The molecule has 202 valence electrons. The number of nitrogens with two attached hydrogens (primary N) is 1. The Kier molecular flexibility index (Phi) is 8.78. The monoisotopic (exact) mass is 517 g/mol. The highest BCUT2D eigenvalue weighted by atomic mass is 16.2. The van der Waals surface area contributed by atoms with E-state index in [1.807, 2.05) is 67.1 Å². The van der Waals surface area contributed by atoms with Gasteiger partial charge in [-0.1, -0.05) is 19.9 Å². The molecule has 0 spiro atoms. The zero-order valence-corrected chi connectivity index (χ0v) is 22.9. The number of benzene rings is 1. The standard InChI is InChI=1S/C29H39N7O2/c1-20(2)27(37)36-18-11-21(12-19-36)25-6-5-15-31-26(25)33-29(30)32-23-9-7-22(8-10-23)28(38)35(4)24-13-16-34(3)17-14-24/h5-11,15,20,24H,12-14,16-19H2,1-4H3,(H3,30,31,32,33). The van der Waals surface area contributed by atoms with E-state index in [4.69, 9.17) is 5.73 Å². The van der Waals surface area contributed by atoms with Gasteiger partial charge in [-0.05, 0) is 81.4 Å². The van der Waals surface area contributed by atoms with Crippen molar-refractivity contribution in [2.75, 3.05) is 45.6 Å². The van der Waals surface area contributed by atoms with Gasteiger partial charge in [-0.25, -0.2) is 4.98 Å². The zero-order chi connectivity index (χ0) is 27.2. The van der Waals surface area contributed by atoms with E-state index >= 15 is 0 Å². The molecule has 1 fully saturated rings. The lowest BCUT2D eigenvalue weighted by atomic mass is 9.99. The summed E-state index contributed by atoms with van der Waals surface area (Å²) in [5.41, 5.74) is 9.63. The number of carbonyl (C=O) groups excluding carboxylic acids is 2. The van der Waals surface area contributed by atoms with Crippen LogP contribution in [0, 0.1) is 5.92 Å². The summed E-state index contributed by atoms with van der Waals surface area (Å²) in [6.45, 7) is 7.12. The van der Waals surface area contributed by atoms with Crippen molar-refractivity contribution in [1.29, 1.82) is 0 Å². The van der Waals surface area contributed by atoms with Crippen LogP contribution in [0.2, 0.25) is 0 Å². The van der Waals surface area contributed by atoms with Gasteiger partial charge >= 0.3 is 0 Å². The number of piperidine rings is 1. The SMILES string of the molecule is CC(C)C(=O)N1CC=C(c2cccnc2/N=C(\N)Nc2ccc(C(=O)N(C)C3CCN(C)CC3)cc2)CC1. The Balaban J connectivity index is 1.41. The fraction of sp³-hybridized carbons (Fsp3) is 0.448. The van der Waals surface area contributed by atoms with E-state index in [-0.39, 0.29) is 29.7 Å². The van der Waals surface area contributed by atoms with Gasteiger partial charge in [0.15, 0.2) is 11.8 Å². The van der Waals surface area contributed by atoms with Crippen LogP contribution in [0.4, 0.5) is 11.5 Å². The van der Waals surface area contributed by atoms with Crippen molar-refractivity contribution in [3.63, 3.8) is 0 Å². The molecule has 38 heavy (non-hydrogen) atoms. The molecular formula is C29H39N7O2. The van der Waals surface area contributed by atoms with E-state index in [1.165, 1.54) is 0 Å². The predicted octanol–water partition coefficient (Wildman–Crippen LogP) is 3.58. The zero-order valence-electron chi connectivity index (χ0n) is 22.9. The van der Waals surface area contributed by atoms with E-state index < -0.39 is 0 Å². The van der Waals surface area contributed by atoms with Crippen LogP contribution in [0.3, 0.4) is 0 Å². The number of rotatable bonds is 6. The second kappa shape index (κ2) is 12.2. The fourth-order valence-corrected chi connectivity index (χ4v) is 4.95. The number of pyridine rings is 1. The van der Waals surface area contributed by atoms with Crippen molar-refractivity contribution >= 4 is 34.9 Å². The first-order valence-electron chi connectivity index (χ1n) is 13.3. The Morgan fingerprint density at radius 1 is 1.13 bits per heavy atom. The lowest BCUT2D eigenvalue weighted by Crippen LogP contribution is -2.44. The van der Waals surface area contributed by atoms with Crippen LogP contribution < -0.4 is 11.1 Å². The molecule has 2 aromatic rings. The normalized spacial score (nSPS) is 17.3. The quantitative estimate of drug-likeness (QED) is 0.448. The van der Waals surface area contributed by atoms with Crippen LogP contribution in [-0.4, -0.2) is 83.8 Å². The third-order valence-corrected chi connectivity index (χ3v) is 7.33. The Morgan fingerprint density at radius 3 is 2.47 bits per heavy atom. The van der Waals surface area contributed by atoms with Gasteiger partial charge in [-0.3, -0.25) is 9.59 Å². The highest BCUT2D eigenvalue weighted by molar-refractivity contribution is 5.97. The van der Waals surface area contributed by atoms with Gasteiger partial charge in [0.1, 0.15) is 0 Å². The van der Waals surface area contributed by atoms with Crippen molar-refractivity contribution in [1.82, 2.24) is 19.7 Å². The number of carbonyl (C=O) groups is 2. The summed E-state index contributed by atoms with van der Waals surface area (Å²) < 4.78 is 0. The second-order valence-electron chi connectivity index (χ2n) is 10.4. The van der Waals surface area contributed by atoms with E-state index in [1.54, 1.807) is 6.20 Å². The van der Waals surface area contributed by atoms with Gasteiger partial charge in [-0.15, -0.1) is 0 Å². The van der Waals surface area contributed by atoms with Crippen LogP contribution in [0.1, 0.15) is 49.0 Å². The maximum atomic E-state index is 13.0. The van der Waals surface area contributed by atoms with Gasteiger partial charge < -0.3 is 25.8 Å². The maximum Gasteiger partial charge on any atom is 0.253 e. The summed E-state index contributed by atoms with van der Waals surface area (Å²) in [6.07, 6.45) is 6.48. The number of nitrogens with zero attached hydrogens (tertiary/aromatic N) is 5. The molecule has 1 aromatic carbocycles. The van der Waals surface area contributed by atoms with Gasteiger partial charge in [0.2, 0.25) is 5.91 Å². The molecule has 0 unspecified atom stereocenters. The molecule has 2 aliphatic rings. The smallest absolute Gasteiger partial charge is 0.253 e. The summed E-state index contributed by atoms with van der Waals surface area (Å²) in [5, 5.41) is 3.10. The van der Waals surface area contributed by atoms with Crippen molar-refractivity contribution in [3.8, 4) is 0 Å². The lowest BCUT2D eigenvalue weighted by Gasteiger charge is -2.35. The molecule has 3 heterocycles. The van der Waals surface area contributed by atoms with Crippen molar-refractivity contribution < 1.29 is 9.59 Å². The largest absolute Gasteiger partial charge is 0.369 e. The Morgan fingerprint density at radius 2 is 1.84 bits per heavy atom. The minimum absolute atomic E-state index is 0.0124. The third-order valence-electron chi connectivity index (χ3n) is 7.33. The van der Waals surface area contributed by atoms with Crippen molar-refractivity contribution in [2.45, 2.75) is 39.2 Å². The molecule has 0 radical (unpaired) electrons. The molecule has 9 nitrogen and oxygen atoms in total. The maximum absolute atomic E-state index is 13.0. The Labute approximate surface area is 225 Å². The molecule has 3 N–H and O–H groups in total. The summed E-state index contributed by atoms with van der Waals surface area (Å²) in [4.78, 5) is 40.3. The van der Waals surface area contributed by atoms with Crippen molar-refractivity contribution in [2.24, 2.45) is 16.6 Å². The molecule has 2 amide bonds. The van der Waals surface area contributed by atoms with Gasteiger partial charge in [0.05, 0.1) is 0 Å². The number of guanidine groups is 1. The molecule has 2 aliphatic heterocycles. The van der Waals surface area contributed by atoms with Crippen LogP contribution in [0.25, 0.3) is 5.57 Å².